The molecule has 18 heterocycles. The van der Waals surface area contributed by atoms with Crippen molar-refractivity contribution in [1.29, 1.82) is 0 Å². The first kappa shape index (κ1) is 91.6. The van der Waals surface area contributed by atoms with Crippen molar-refractivity contribution in [3.63, 3.8) is 0 Å². The Hall–Kier alpha value is -16.2. The summed E-state index contributed by atoms with van der Waals surface area (Å²) in [7, 11) is 0. The van der Waals surface area contributed by atoms with Crippen LogP contribution in [0.5, 0.6) is 0 Å². The maximum absolute atomic E-state index is 5.64. The van der Waals surface area contributed by atoms with E-state index in [1.807, 2.05) is 163 Å². The summed E-state index contributed by atoms with van der Waals surface area (Å²) in [6.07, 6.45) is 18.4. The van der Waals surface area contributed by atoms with Crippen LogP contribution in [0.2, 0.25) is 0 Å². The maximum atomic E-state index is 5.64. The van der Waals surface area contributed by atoms with E-state index in [-0.39, 0.29) is 0 Å². The molecule has 0 saturated carbocycles. The van der Waals surface area contributed by atoms with Crippen LogP contribution in [0.4, 0.5) is 34.1 Å². The monoisotopic (exact) mass is 2080 g/mol. The van der Waals surface area contributed by atoms with Gasteiger partial charge in [-0.25, -0.2) is 0 Å². The molecule has 28 rings (SSSR count). The first-order valence-corrected chi connectivity index (χ1v) is 52.6. The molecule has 0 amide bonds. The zero-order valence-corrected chi connectivity index (χ0v) is 82.3. The second kappa shape index (κ2) is 45.6. The van der Waals surface area contributed by atoms with Gasteiger partial charge in [-0.15, -0.1) is 34.0 Å². The summed E-state index contributed by atoms with van der Waals surface area (Å²) < 4.78 is 72.3. The van der Waals surface area contributed by atoms with Gasteiger partial charge in [-0.05, 0) is 250 Å². The average Bonchev–Trinajstić information content (AvgIpc) is 0.839. The fourth-order valence-electron chi connectivity index (χ4n) is 15.6. The normalized spacial score (nSPS) is 10.7. The Labute approximate surface area is 835 Å². The maximum Gasteiger partial charge on any atom is 0.169 e. The molecule has 140 heavy (non-hydrogen) atoms. The first-order valence-electron chi connectivity index (χ1n) is 44.7. The minimum Gasteiger partial charge on any atom is -0.464 e. The number of rotatable bonds is 15. The van der Waals surface area contributed by atoms with Gasteiger partial charge in [-0.3, -0.25) is 0 Å². The van der Waals surface area contributed by atoms with Crippen molar-refractivity contribution in [3.8, 4) is 98.7 Å². The third-order valence-electron chi connectivity index (χ3n) is 22.0. The van der Waals surface area contributed by atoms with E-state index in [4.69, 9.17) is 53.0 Å². The molecule has 0 aliphatic rings. The molecule has 28 aromatic rings. The van der Waals surface area contributed by atoms with E-state index in [0.717, 1.165) is 108 Å². The quantitative estimate of drug-likeness (QED) is 0.0703. The summed E-state index contributed by atoms with van der Waals surface area (Å²) in [4.78, 5) is 11.4. The number of hydrogen-bond acceptors (Lipinski definition) is 17. The summed E-state index contributed by atoms with van der Waals surface area (Å²) in [6.45, 7) is 0. The molecule has 0 atom stereocenters. The molecule has 0 bridgehead atoms. The third kappa shape index (κ3) is 22.5. The van der Waals surface area contributed by atoms with Crippen LogP contribution in [-0.4, -0.2) is 43.5 Å². The van der Waals surface area contributed by atoms with Crippen molar-refractivity contribution < 1.29 is 53.0 Å². The van der Waals surface area contributed by atoms with Crippen molar-refractivity contribution in [1.82, 2.24) is 0 Å². The SMILES string of the molecule is c1ccc(N(c2ccc(-c3ccco3)cc2)c2cccc3ccccc23)cc1.c1ccc(N(c2ccccc2)c2ccc(-c3ccco3)cc2)cc1.c1coc(-c2c3ccccc3cc3ccccc23)c1.c1coc(-c2cc3[se]ccc3[se]2)c1.c1coc(-c2cc3occc3o2)c1.c1coc(-c2cc3sccc3s2)c1.c1coc(-c2ccc[se]2)c1.c1coc(-c2ccco2)c1.c1coc(-c2cccs2)c1. The van der Waals surface area contributed by atoms with E-state index in [1.54, 1.807) is 117 Å². The second-order valence-corrected chi connectivity index (χ2v) is 40.2. The Morgan fingerprint density at radius 2 is 0.671 bits per heavy atom. The first-order chi connectivity index (χ1) is 69.4. The summed E-state index contributed by atoms with van der Waals surface area (Å²) in [6, 6.07) is 142. The molecule has 0 unspecified atom stereocenters. The van der Waals surface area contributed by atoms with Crippen LogP contribution in [0.3, 0.4) is 0 Å². The molecule has 0 aliphatic heterocycles. The smallest absolute Gasteiger partial charge is 0.169 e. The van der Waals surface area contributed by atoms with Crippen LogP contribution < -0.4 is 9.80 Å². The molecule has 0 aliphatic carbocycles. The van der Waals surface area contributed by atoms with Gasteiger partial charge in [0.25, 0.3) is 0 Å². The summed E-state index contributed by atoms with van der Waals surface area (Å²) >= 11 is 6.81. The fourth-order valence-corrected chi connectivity index (χ4v) is 25.0. The van der Waals surface area contributed by atoms with Gasteiger partial charge in [0, 0.05) is 72.0 Å². The molecular formula is C120H84N2O12S3Se3. The summed E-state index contributed by atoms with van der Waals surface area (Å²) in [5.74, 6) is 9.62. The predicted octanol–water partition coefficient (Wildman–Crippen LogP) is 36.5. The van der Waals surface area contributed by atoms with Crippen LogP contribution in [0, 0.1) is 0 Å². The Balaban J connectivity index is 0.0000000991. The van der Waals surface area contributed by atoms with Crippen molar-refractivity contribution in [2.24, 2.45) is 0 Å². The van der Waals surface area contributed by atoms with E-state index < -0.39 is 0 Å². The topological polar surface area (TPSA) is 164 Å². The zero-order valence-electron chi connectivity index (χ0n) is 74.7. The van der Waals surface area contributed by atoms with Crippen molar-refractivity contribution >= 4 is 173 Å². The van der Waals surface area contributed by atoms with Crippen LogP contribution >= 0.6 is 34.0 Å². The fraction of sp³-hybridized carbons (Fsp3) is 0. The Morgan fingerprint density at radius 3 is 1.16 bits per heavy atom. The zero-order chi connectivity index (χ0) is 94.1. The summed E-state index contributed by atoms with van der Waals surface area (Å²) in [5, 5.41) is 11.6. The van der Waals surface area contributed by atoms with E-state index in [2.05, 4.69) is 280 Å². The van der Waals surface area contributed by atoms with E-state index >= 15 is 0 Å². The number of nitrogens with zero attached hydrogens (tertiary/aromatic N) is 2. The molecular weight excluding hydrogens is 1990 g/mol. The van der Waals surface area contributed by atoms with E-state index in [1.165, 1.54) is 65.9 Å². The van der Waals surface area contributed by atoms with Gasteiger partial charge in [-0.1, -0.05) is 146 Å². The molecule has 0 N–H and O–H groups in total. The second-order valence-electron chi connectivity index (χ2n) is 31.0. The van der Waals surface area contributed by atoms with Gasteiger partial charge in [0.1, 0.15) is 28.8 Å². The van der Waals surface area contributed by atoms with Gasteiger partial charge in [0.2, 0.25) is 0 Å². The summed E-state index contributed by atoms with van der Waals surface area (Å²) in [5.41, 5.74) is 11.6. The number of benzene rings is 10. The largest absolute Gasteiger partial charge is 0.464 e. The van der Waals surface area contributed by atoms with Gasteiger partial charge < -0.3 is 54.0 Å². The standard InChI is InChI=1S/C26H19NO.C22H17NO.C18H12O.C10H6O3.C10H6OS2.C10H6OSe2.C8H6O2.C8H6OS.C8H6OSe/c1-2-10-22(11-3-1)27(25-13-6-9-20-8-4-5-12-24(20)25)23-17-15-21(16-18-23)26-14-7-19-28-26;1-3-8-19(9-4-1)23(20-10-5-2-6-11-20)21-15-13-18(14-16-21)22-12-7-17-24-22;1-3-8-15-13(6-1)12-14-7-2-4-9-16(14)18(15)17-10-5-11-19-17;1-2-7(11-4-1)10-6-9-8(13-10)3-5-12-9;2*1-2-7(11-4-1)9-6-10-8(13-9)3-5-12-10;3*1-3-7(9-5-1)8-4-2-6-10-8/h1-19H;1-17H;1-12H;3*1-6H;3*1-6H. The molecule has 14 nitrogen and oxygen atoms in total. The van der Waals surface area contributed by atoms with E-state index in [9.17, 15) is 0 Å². The molecule has 18 aromatic heterocycles. The van der Waals surface area contributed by atoms with Gasteiger partial charge in [-0.2, -0.15) is 0 Å². The Kier molecular flexibility index (Phi) is 29.9. The number of furan rings is 12. The van der Waals surface area contributed by atoms with Gasteiger partial charge in [0.05, 0.1) is 71.8 Å². The van der Waals surface area contributed by atoms with Crippen LogP contribution in [0.25, 0.3) is 160 Å². The number of para-hydroxylation sites is 3. The Bertz CT molecular complexity index is 7710. The van der Waals surface area contributed by atoms with Crippen molar-refractivity contribution in [3.05, 3.63) is 508 Å². The Morgan fingerprint density at radius 1 is 0.221 bits per heavy atom. The molecule has 0 radical (unpaired) electrons. The van der Waals surface area contributed by atoms with Gasteiger partial charge in [0.15, 0.2) is 34.2 Å². The number of hydrogen-bond donors (Lipinski definition) is 0. The minimum atomic E-state index is 0.488. The number of thiophene rings is 3. The van der Waals surface area contributed by atoms with Crippen LogP contribution in [0.15, 0.2) is 561 Å². The van der Waals surface area contributed by atoms with Crippen molar-refractivity contribution in [2.45, 2.75) is 0 Å². The third-order valence-corrected chi connectivity index (χ3v) is 31.7. The molecule has 0 fully saturated rings. The number of fused-ring (bicyclic) bond motifs is 6. The van der Waals surface area contributed by atoms with Crippen LogP contribution in [0.1, 0.15) is 0 Å². The molecule has 682 valence electrons. The molecule has 0 spiro atoms. The van der Waals surface area contributed by atoms with Gasteiger partial charge >= 0.3 is 152 Å². The molecule has 0 saturated heterocycles. The molecule has 20 heteroatoms. The van der Waals surface area contributed by atoms with Crippen LogP contribution in [-0.2, 0) is 0 Å². The average molecular weight is 2080 g/mol. The predicted molar refractivity (Wildman–Crippen MR) is 573 cm³/mol. The molecule has 10 aromatic carbocycles. The van der Waals surface area contributed by atoms with Crippen molar-refractivity contribution in [2.75, 3.05) is 9.80 Å². The minimum absolute atomic E-state index is 0.488. The van der Waals surface area contributed by atoms with E-state index in [0.29, 0.717) is 55.0 Å². The number of anilines is 6.